The third kappa shape index (κ3) is 3.67. The molecule has 1 spiro atoms. The molecule has 0 aromatic heterocycles. The Labute approximate surface area is 281 Å². The number of rotatable bonds is 3. The molecule has 8 aromatic carbocycles. The van der Waals surface area contributed by atoms with Crippen LogP contribution >= 0.6 is 0 Å². The van der Waals surface area contributed by atoms with Gasteiger partial charge in [-0.3, -0.25) is 0 Å². The Hall–Kier alpha value is -5.92. The minimum absolute atomic E-state index is 0.389. The van der Waals surface area contributed by atoms with Crippen molar-refractivity contribution in [2.45, 2.75) is 19.3 Å². The van der Waals surface area contributed by atoms with Crippen LogP contribution in [0.5, 0.6) is 0 Å². The van der Waals surface area contributed by atoms with Crippen molar-refractivity contribution in [3.63, 3.8) is 0 Å². The first-order valence-corrected chi connectivity index (χ1v) is 16.8. The summed E-state index contributed by atoms with van der Waals surface area (Å²) in [5, 5.41) is 5.09. The second-order valence-electron chi connectivity index (χ2n) is 13.5. The van der Waals surface area contributed by atoms with Crippen molar-refractivity contribution in [2.24, 2.45) is 0 Å². The molecule has 0 N–H and O–H groups in total. The fourth-order valence-corrected chi connectivity index (χ4v) is 8.61. The molecule has 1 nitrogen and oxygen atoms in total. The summed E-state index contributed by atoms with van der Waals surface area (Å²) in [7, 11) is 0. The highest BCUT2D eigenvalue weighted by Gasteiger charge is 2.52. The van der Waals surface area contributed by atoms with Gasteiger partial charge in [0.2, 0.25) is 0 Å². The van der Waals surface area contributed by atoms with E-state index in [1.165, 1.54) is 77.2 Å². The molecule has 8 aromatic rings. The van der Waals surface area contributed by atoms with E-state index in [0.717, 1.165) is 17.1 Å². The maximum absolute atomic E-state index is 2.50. The molecule has 2 aliphatic rings. The molecule has 0 saturated carbocycles. The predicted molar refractivity (Wildman–Crippen MR) is 202 cm³/mol. The van der Waals surface area contributed by atoms with E-state index < -0.39 is 0 Å². The van der Waals surface area contributed by atoms with Crippen molar-refractivity contribution < 1.29 is 0 Å². The van der Waals surface area contributed by atoms with Crippen molar-refractivity contribution in [3.05, 3.63) is 197 Å². The highest BCUT2D eigenvalue weighted by molar-refractivity contribution is 6.08. The van der Waals surface area contributed by atoms with Crippen LogP contribution in [0.15, 0.2) is 164 Å². The fraction of sp³-hybridized carbons (Fsp3) is 0.0638. The number of benzene rings is 8. The lowest BCUT2D eigenvalue weighted by atomic mass is 9.70. The normalized spacial score (nSPS) is 13.4. The van der Waals surface area contributed by atoms with Gasteiger partial charge < -0.3 is 4.90 Å². The van der Waals surface area contributed by atoms with Crippen LogP contribution in [0.4, 0.5) is 17.1 Å². The zero-order valence-electron chi connectivity index (χ0n) is 27.0. The van der Waals surface area contributed by atoms with Crippen molar-refractivity contribution in [3.8, 4) is 22.3 Å². The molecule has 0 fully saturated rings. The number of nitrogens with zero attached hydrogens (tertiary/aromatic N) is 1. The Morgan fingerprint density at radius 2 is 0.938 bits per heavy atom. The van der Waals surface area contributed by atoms with Gasteiger partial charge in [0.25, 0.3) is 0 Å². The second-order valence-corrected chi connectivity index (χ2v) is 13.5. The van der Waals surface area contributed by atoms with E-state index >= 15 is 0 Å². The molecule has 2 aliphatic carbocycles. The van der Waals surface area contributed by atoms with E-state index in [4.69, 9.17) is 0 Å². The molecule has 0 bridgehead atoms. The summed E-state index contributed by atoms with van der Waals surface area (Å²) < 4.78 is 0. The van der Waals surface area contributed by atoms with E-state index in [0.29, 0.717) is 0 Å². The lowest BCUT2D eigenvalue weighted by Gasteiger charge is -2.31. The van der Waals surface area contributed by atoms with Gasteiger partial charge in [-0.15, -0.1) is 0 Å². The van der Waals surface area contributed by atoms with Gasteiger partial charge in [-0.1, -0.05) is 126 Å². The van der Waals surface area contributed by atoms with Gasteiger partial charge in [0, 0.05) is 17.1 Å². The number of aryl methyl sites for hydroxylation is 2. The summed E-state index contributed by atoms with van der Waals surface area (Å²) in [6.07, 6.45) is 0. The van der Waals surface area contributed by atoms with Crippen molar-refractivity contribution in [2.75, 3.05) is 4.90 Å². The van der Waals surface area contributed by atoms with Gasteiger partial charge in [-0.2, -0.15) is 0 Å². The number of hydrogen-bond acceptors (Lipinski definition) is 1. The smallest absolute Gasteiger partial charge is 0.0725 e. The first kappa shape index (κ1) is 27.2. The highest BCUT2D eigenvalue weighted by atomic mass is 15.1. The van der Waals surface area contributed by atoms with Crippen LogP contribution in [0.25, 0.3) is 43.8 Å². The summed E-state index contributed by atoms with van der Waals surface area (Å²) in [5.74, 6) is 0. The zero-order valence-corrected chi connectivity index (χ0v) is 27.0. The van der Waals surface area contributed by atoms with E-state index in [2.05, 4.69) is 183 Å². The zero-order chi connectivity index (χ0) is 32.0. The predicted octanol–water partition coefficient (Wildman–Crippen LogP) is 12.4. The minimum Gasteiger partial charge on any atom is -0.310 e. The van der Waals surface area contributed by atoms with E-state index in [1.807, 2.05) is 0 Å². The standard InChI is InChI=1S/C47H33N/c1-30-15-21-35(22-16-30)48(36-23-17-31(2)18-24-36)37-25-19-33-28-41-45(29-34(33)27-37)47(44-26-20-32-9-3-4-10-38(32)46(41)44)42-13-7-5-11-39(42)40-12-6-8-14-43(40)47/h3-29H,1-2H3. The van der Waals surface area contributed by atoms with Gasteiger partial charge in [-0.05, 0) is 128 Å². The molecular weight excluding hydrogens is 579 g/mol. The SMILES string of the molecule is Cc1ccc(N(c2ccc(C)cc2)c2ccc3cc4c(cc3c2)C2(c3ccccc3-c3ccccc32)c2ccc3ccccc3c2-4)cc1. The van der Waals surface area contributed by atoms with Gasteiger partial charge >= 0.3 is 0 Å². The lowest BCUT2D eigenvalue weighted by molar-refractivity contribution is 0.795. The Kier molecular flexibility index (Phi) is 5.69. The van der Waals surface area contributed by atoms with Gasteiger partial charge in [0.1, 0.15) is 0 Å². The molecule has 0 heterocycles. The van der Waals surface area contributed by atoms with Gasteiger partial charge in [-0.25, -0.2) is 0 Å². The van der Waals surface area contributed by atoms with Crippen molar-refractivity contribution in [1.29, 1.82) is 0 Å². The van der Waals surface area contributed by atoms with Crippen LogP contribution in [0.2, 0.25) is 0 Å². The maximum Gasteiger partial charge on any atom is 0.0725 e. The van der Waals surface area contributed by atoms with Crippen LogP contribution < -0.4 is 4.90 Å². The average molecular weight is 612 g/mol. The van der Waals surface area contributed by atoms with Crippen LogP contribution in [0, 0.1) is 13.8 Å². The number of fused-ring (bicyclic) bond motifs is 13. The van der Waals surface area contributed by atoms with Crippen LogP contribution in [-0.4, -0.2) is 0 Å². The summed E-state index contributed by atoms with van der Waals surface area (Å²) in [6, 6.07) is 61.4. The quantitative estimate of drug-likeness (QED) is 0.192. The minimum atomic E-state index is -0.389. The van der Waals surface area contributed by atoms with E-state index in [1.54, 1.807) is 0 Å². The molecule has 0 amide bonds. The maximum atomic E-state index is 2.50. The molecule has 0 aliphatic heterocycles. The van der Waals surface area contributed by atoms with E-state index in [9.17, 15) is 0 Å². The molecule has 1 heteroatoms. The Morgan fingerprint density at radius 1 is 0.375 bits per heavy atom. The van der Waals surface area contributed by atoms with Crippen molar-refractivity contribution >= 4 is 38.6 Å². The number of hydrogen-bond donors (Lipinski definition) is 0. The Balaban J connectivity index is 1.28. The third-order valence-electron chi connectivity index (χ3n) is 10.8. The highest BCUT2D eigenvalue weighted by Crippen LogP contribution is 2.64. The average Bonchev–Trinajstić information content (AvgIpc) is 3.59. The summed E-state index contributed by atoms with van der Waals surface area (Å²) in [5.41, 5.74) is 16.4. The van der Waals surface area contributed by atoms with E-state index in [-0.39, 0.29) is 5.41 Å². The fourth-order valence-electron chi connectivity index (χ4n) is 8.61. The topological polar surface area (TPSA) is 3.24 Å². The molecule has 0 saturated heterocycles. The third-order valence-corrected chi connectivity index (χ3v) is 10.8. The summed E-state index contributed by atoms with van der Waals surface area (Å²) >= 11 is 0. The molecule has 10 rings (SSSR count). The first-order valence-electron chi connectivity index (χ1n) is 16.8. The second kappa shape index (κ2) is 10.0. The Bertz CT molecular complexity index is 2480. The van der Waals surface area contributed by atoms with Gasteiger partial charge in [0.05, 0.1) is 5.41 Å². The molecule has 0 atom stereocenters. The van der Waals surface area contributed by atoms with Crippen LogP contribution in [0.1, 0.15) is 33.4 Å². The molecule has 48 heavy (non-hydrogen) atoms. The van der Waals surface area contributed by atoms with Crippen molar-refractivity contribution in [1.82, 2.24) is 0 Å². The molecule has 0 radical (unpaired) electrons. The monoisotopic (exact) mass is 611 g/mol. The summed E-state index contributed by atoms with van der Waals surface area (Å²) in [4.78, 5) is 2.38. The number of anilines is 3. The van der Waals surface area contributed by atoms with Crippen LogP contribution in [-0.2, 0) is 5.41 Å². The lowest BCUT2D eigenvalue weighted by Crippen LogP contribution is -2.25. The van der Waals surface area contributed by atoms with Gasteiger partial charge in [0.15, 0.2) is 0 Å². The Morgan fingerprint density at radius 3 is 1.60 bits per heavy atom. The summed E-state index contributed by atoms with van der Waals surface area (Å²) in [6.45, 7) is 4.29. The molecule has 226 valence electrons. The largest absolute Gasteiger partial charge is 0.310 e. The first-order chi connectivity index (χ1) is 23.6. The van der Waals surface area contributed by atoms with Crippen LogP contribution in [0.3, 0.4) is 0 Å². The molecular formula is C47H33N. The molecule has 0 unspecified atom stereocenters.